The average Bonchev–Trinajstić information content (AvgIpc) is 3.10. The Balaban J connectivity index is 1.78. The molecular formula is C26H21N3O3. The molecule has 0 N–H and O–H groups in total. The Labute approximate surface area is 186 Å². The Kier molecular flexibility index (Phi) is 5.77. The van der Waals surface area contributed by atoms with E-state index >= 15 is 0 Å². The summed E-state index contributed by atoms with van der Waals surface area (Å²) < 4.78 is 0. The fourth-order valence-corrected chi connectivity index (χ4v) is 3.50. The van der Waals surface area contributed by atoms with Gasteiger partial charge in [-0.3, -0.25) is 14.9 Å². The van der Waals surface area contributed by atoms with Crippen molar-refractivity contribution in [2.24, 2.45) is 5.10 Å². The summed E-state index contributed by atoms with van der Waals surface area (Å²) in [6.45, 7) is 3.83. The van der Waals surface area contributed by atoms with Crippen LogP contribution in [0.25, 0.3) is 11.6 Å². The Bertz CT molecular complexity index is 1260. The van der Waals surface area contributed by atoms with Gasteiger partial charge in [-0.05, 0) is 54.8 Å². The standard InChI is InChI=1S/C26H21N3O3/c1-18-8-13-21(14-9-18)24(17-12-20-10-15-23(16-11-20)29(31)32)25-19(2)27-28(26(25)30)22-6-4-3-5-7-22/h3-17H,1-2H3/b17-12+,25-24+. The lowest BCUT2D eigenvalue weighted by atomic mass is 9.95. The lowest BCUT2D eigenvalue weighted by Crippen LogP contribution is -2.21. The maximum absolute atomic E-state index is 13.4. The van der Waals surface area contributed by atoms with Crippen LogP contribution in [0.3, 0.4) is 0 Å². The predicted octanol–water partition coefficient (Wildman–Crippen LogP) is 5.79. The molecule has 0 saturated heterocycles. The molecule has 0 fully saturated rings. The van der Waals surface area contributed by atoms with Crippen molar-refractivity contribution in [3.8, 4) is 0 Å². The van der Waals surface area contributed by atoms with Crippen molar-refractivity contribution in [1.29, 1.82) is 0 Å². The molecule has 1 heterocycles. The Morgan fingerprint density at radius 1 is 0.938 bits per heavy atom. The van der Waals surface area contributed by atoms with Gasteiger partial charge in [0.1, 0.15) is 0 Å². The molecule has 0 spiro atoms. The van der Waals surface area contributed by atoms with Crippen LogP contribution in [0.2, 0.25) is 0 Å². The van der Waals surface area contributed by atoms with Gasteiger partial charge in [-0.2, -0.15) is 10.1 Å². The van der Waals surface area contributed by atoms with Gasteiger partial charge in [0.15, 0.2) is 0 Å². The van der Waals surface area contributed by atoms with Crippen LogP contribution in [0.15, 0.2) is 95.6 Å². The summed E-state index contributed by atoms with van der Waals surface area (Å²) in [5.41, 5.74) is 5.43. The molecule has 0 aliphatic carbocycles. The molecule has 1 aliphatic rings. The minimum atomic E-state index is -0.428. The van der Waals surface area contributed by atoms with E-state index < -0.39 is 4.92 Å². The second-order valence-electron chi connectivity index (χ2n) is 7.47. The van der Waals surface area contributed by atoms with E-state index in [-0.39, 0.29) is 11.6 Å². The van der Waals surface area contributed by atoms with Crippen molar-refractivity contribution in [2.75, 3.05) is 5.01 Å². The fourth-order valence-electron chi connectivity index (χ4n) is 3.50. The quantitative estimate of drug-likeness (QED) is 0.296. The maximum Gasteiger partial charge on any atom is 0.281 e. The molecule has 32 heavy (non-hydrogen) atoms. The van der Waals surface area contributed by atoms with Gasteiger partial charge in [0.2, 0.25) is 0 Å². The molecule has 0 radical (unpaired) electrons. The molecule has 6 nitrogen and oxygen atoms in total. The summed E-state index contributed by atoms with van der Waals surface area (Å²) in [5, 5.41) is 16.8. The number of hydrogen-bond donors (Lipinski definition) is 0. The average molecular weight is 423 g/mol. The Morgan fingerprint density at radius 3 is 2.22 bits per heavy atom. The highest BCUT2D eigenvalue weighted by molar-refractivity contribution is 6.34. The van der Waals surface area contributed by atoms with Crippen molar-refractivity contribution >= 4 is 34.6 Å². The number of para-hydroxylation sites is 1. The third kappa shape index (κ3) is 4.25. The molecule has 0 bridgehead atoms. The molecule has 0 unspecified atom stereocenters. The largest absolute Gasteiger partial charge is 0.281 e. The van der Waals surface area contributed by atoms with Crippen molar-refractivity contribution in [3.05, 3.63) is 117 Å². The zero-order valence-electron chi connectivity index (χ0n) is 17.7. The summed E-state index contributed by atoms with van der Waals surface area (Å²) in [4.78, 5) is 23.9. The van der Waals surface area contributed by atoms with Gasteiger partial charge >= 0.3 is 0 Å². The van der Waals surface area contributed by atoms with Crippen LogP contribution in [-0.4, -0.2) is 16.5 Å². The Hall–Kier alpha value is -4.32. The van der Waals surface area contributed by atoms with Gasteiger partial charge in [0, 0.05) is 12.1 Å². The first-order chi connectivity index (χ1) is 15.4. The number of amides is 1. The zero-order chi connectivity index (χ0) is 22.7. The van der Waals surface area contributed by atoms with Crippen LogP contribution >= 0.6 is 0 Å². The van der Waals surface area contributed by atoms with Crippen LogP contribution in [0.4, 0.5) is 11.4 Å². The predicted molar refractivity (Wildman–Crippen MR) is 127 cm³/mol. The van der Waals surface area contributed by atoms with Crippen LogP contribution in [0, 0.1) is 17.0 Å². The summed E-state index contributed by atoms with van der Waals surface area (Å²) in [5.74, 6) is -0.197. The minimum Gasteiger partial charge on any atom is -0.267 e. The third-order valence-electron chi connectivity index (χ3n) is 5.20. The number of hydrazone groups is 1. The van der Waals surface area contributed by atoms with Gasteiger partial charge in [-0.15, -0.1) is 0 Å². The van der Waals surface area contributed by atoms with E-state index in [1.165, 1.54) is 17.1 Å². The molecule has 4 rings (SSSR count). The number of nitrogens with zero attached hydrogens (tertiary/aromatic N) is 3. The van der Waals surface area contributed by atoms with Gasteiger partial charge < -0.3 is 0 Å². The van der Waals surface area contributed by atoms with Gasteiger partial charge in [0.05, 0.1) is 21.9 Å². The minimum absolute atomic E-state index is 0.0340. The SMILES string of the molecule is CC1=NN(c2ccccc2)C(=O)/C1=C(\C=C\c1ccc([N+](=O)[O-])cc1)c1ccc(C)cc1. The van der Waals surface area contributed by atoms with Gasteiger partial charge in [0.25, 0.3) is 11.6 Å². The summed E-state index contributed by atoms with van der Waals surface area (Å²) in [6.07, 6.45) is 3.71. The molecule has 1 aliphatic heterocycles. The third-order valence-corrected chi connectivity index (χ3v) is 5.20. The number of aryl methyl sites for hydroxylation is 1. The number of hydrogen-bond acceptors (Lipinski definition) is 4. The number of allylic oxidation sites excluding steroid dienone is 2. The van der Waals surface area contributed by atoms with Crippen molar-refractivity contribution < 1.29 is 9.72 Å². The fraction of sp³-hybridized carbons (Fsp3) is 0.0769. The van der Waals surface area contributed by atoms with E-state index in [2.05, 4.69) is 5.10 Å². The number of benzene rings is 3. The van der Waals surface area contributed by atoms with Crippen molar-refractivity contribution in [2.45, 2.75) is 13.8 Å². The summed E-state index contributed by atoms with van der Waals surface area (Å²) in [6, 6.07) is 23.5. The molecule has 158 valence electrons. The first-order valence-corrected chi connectivity index (χ1v) is 10.1. The zero-order valence-corrected chi connectivity index (χ0v) is 17.7. The highest BCUT2D eigenvalue weighted by Crippen LogP contribution is 2.30. The van der Waals surface area contributed by atoms with Crippen LogP contribution < -0.4 is 5.01 Å². The number of nitro groups is 1. The number of carbonyl (C=O) groups is 1. The second kappa shape index (κ2) is 8.81. The first kappa shape index (κ1) is 20.9. The lowest BCUT2D eigenvalue weighted by molar-refractivity contribution is -0.384. The molecule has 3 aromatic rings. The molecule has 0 aromatic heterocycles. The molecular weight excluding hydrogens is 402 g/mol. The monoisotopic (exact) mass is 423 g/mol. The van der Waals surface area contributed by atoms with E-state index in [0.717, 1.165) is 22.3 Å². The smallest absolute Gasteiger partial charge is 0.267 e. The molecule has 3 aromatic carbocycles. The van der Waals surface area contributed by atoms with Gasteiger partial charge in [-0.1, -0.05) is 60.2 Å². The number of nitro benzene ring substituents is 1. The van der Waals surface area contributed by atoms with Crippen LogP contribution in [0.5, 0.6) is 0 Å². The number of rotatable bonds is 5. The second-order valence-corrected chi connectivity index (χ2v) is 7.47. The number of carbonyl (C=O) groups excluding carboxylic acids is 1. The summed E-state index contributed by atoms with van der Waals surface area (Å²) in [7, 11) is 0. The Morgan fingerprint density at radius 2 is 1.59 bits per heavy atom. The molecule has 0 atom stereocenters. The van der Waals surface area contributed by atoms with E-state index in [9.17, 15) is 14.9 Å². The maximum atomic E-state index is 13.4. The molecule has 6 heteroatoms. The normalized spacial score (nSPS) is 15.2. The highest BCUT2D eigenvalue weighted by Gasteiger charge is 2.31. The van der Waals surface area contributed by atoms with E-state index in [4.69, 9.17) is 0 Å². The number of anilines is 1. The van der Waals surface area contributed by atoms with Crippen LogP contribution in [-0.2, 0) is 4.79 Å². The van der Waals surface area contributed by atoms with E-state index in [1.54, 1.807) is 12.1 Å². The topological polar surface area (TPSA) is 75.8 Å². The first-order valence-electron chi connectivity index (χ1n) is 10.1. The molecule has 1 amide bonds. The van der Waals surface area contributed by atoms with Crippen molar-refractivity contribution in [1.82, 2.24) is 0 Å². The number of non-ortho nitro benzene ring substituents is 1. The van der Waals surface area contributed by atoms with Crippen molar-refractivity contribution in [3.63, 3.8) is 0 Å². The molecule has 0 saturated carbocycles. The van der Waals surface area contributed by atoms with E-state index in [1.807, 2.05) is 80.6 Å². The van der Waals surface area contributed by atoms with Gasteiger partial charge in [-0.25, -0.2) is 0 Å². The summed E-state index contributed by atoms with van der Waals surface area (Å²) >= 11 is 0. The lowest BCUT2D eigenvalue weighted by Gasteiger charge is -2.13. The van der Waals surface area contributed by atoms with E-state index in [0.29, 0.717) is 17.0 Å². The highest BCUT2D eigenvalue weighted by atomic mass is 16.6. The van der Waals surface area contributed by atoms with Crippen LogP contribution in [0.1, 0.15) is 23.6 Å².